The first-order valence-corrected chi connectivity index (χ1v) is 12.2. The van der Waals surface area contributed by atoms with E-state index in [1.807, 2.05) is 42.5 Å². The van der Waals surface area contributed by atoms with Crippen molar-refractivity contribution in [2.75, 3.05) is 5.32 Å². The van der Waals surface area contributed by atoms with Crippen LogP contribution in [0, 0.1) is 0 Å². The van der Waals surface area contributed by atoms with Gasteiger partial charge in [0.15, 0.2) is 0 Å². The molecule has 0 aliphatic rings. The first-order valence-electron chi connectivity index (χ1n) is 11.9. The van der Waals surface area contributed by atoms with Gasteiger partial charge in [-0.15, -0.1) is 5.10 Å². The number of carbonyl (C=O) groups is 2. The molecule has 2 heterocycles. The molecule has 5 rings (SSSR count). The summed E-state index contributed by atoms with van der Waals surface area (Å²) < 4.78 is 3.08. The molecular weight excluding hydrogens is 518 g/mol. The molecule has 12 heteroatoms. The van der Waals surface area contributed by atoms with E-state index in [-0.39, 0.29) is 5.91 Å². The fraction of sp³-hybridized carbons (Fsp3) is 0.0741. The first-order chi connectivity index (χ1) is 19.0. The third-order valence-electron chi connectivity index (χ3n) is 5.73. The van der Waals surface area contributed by atoms with Crippen LogP contribution in [-0.4, -0.2) is 52.8 Å². The number of tetrazole rings is 1. The van der Waals surface area contributed by atoms with E-state index >= 15 is 0 Å². The molecule has 0 aliphatic carbocycles. The Bertz CT molecular complexity index is 1570. The third-order valence-corrected chi connectivity index (χ3v) is 5.97. The number of nitrogens with zero attached hydrogens (tertiary/aromatic N) is 7. The number of amides is 2. The van der Waals surface area contributed by atoms with Crippen molar-refractivity contribution in [2.24, 2.45) is 0 Å². The second kappa shape index (κ2) is 11.9. The summed E-state index contributed by atoms with van der Waals surface area (Å²) in [4.78, 5) is 30.2. The van der Waals surface area contributed by atoms with Gasteiger partial charge in [-0.2, -0.15) is 9.78 Å². The van der Waals surface area contributed by atoms with Crippen molar-refractivity contribution in [1.29, 1.82) is 0 Å². The maximum absolute atomic E-state index is 13.3. The largest absolute Gasteiger partial charge is 0.340 e. The average Bonchev–Trinajstić information content (AvgIpc) is 3.68. The Morgan fingerprint density at radius 3 is 2.51 bits per heavy atom. The Kier molecular flexibility index (Phi) is 7.79. The van der Waals surface area contributed by atoms with E-state index in [9.17, 15) is 9.59 Å². The van der Waals surface area contributed by atoms with Gasteiger partial charge in [-0.3, -0.25) is 9.59 Å². The minimum atomic E-state index is -0.835. The second-order valence-electron chi connectivity index (χ2n) is 8.42. The SMILES string of the molecule is O=C(C=Cc1cc(Cl)ccc1-n1cnnn1)N[C@@H](Cc1ccccc1)C(=O)Nc1ccc(-n2cncn2)cc1. The van der Waals surface area contributed by atoms with Crippen LogP contribution in [0.25, 0.3) is 17.5 Å². The van der Waals surface area contributed by atoms with Gasteiger partial charge in [-0.25, -0.2) is 9.67 Å². The molecule has 2 N–H and O–H groups in total. The second-order valence-corrected chi connectivity index (χ2v) is 8.85. The highest BCUT2D eigenvalue weighted by molar-refractivity contribution is 6.30. The molecule has 2 aromatic heterocycles. The quantitative estimate of drug-likeness (QED) is 0.275. The zero-order valence-electron chi connectivity index (χ0n) is 20.4. The van der Waals surface area contributed by atoms with Crippen molar-refractivity contribution < 1.29 is 9.59 Å². The molecule has 194 valence electrons. The number of nitrogens with one attached hydrogen (secondary N) is 2. The molecule has 39 heavy (non-hydrogen) atoms. The highest BCUT2D eigenvalue weighted by Crippen LogP contribution is 2.20. The summed E-state index contributed by atoms with van der Waals surface area (Å²) in [6.45, 7) is 0. The normalized spacial score (nSPS) is 11.8. The van der Waals surface area contributed by atoms with E-state index in [2.05, 4.69) is 36.2 Å². The van der Waals surface area contributed by atoms with Crippen molar-refractivity contribution in [3.63, 3.8) is 0 Å². The first kappa shape index (κ1) is 25.5. The molecule has 0 fully saturated rings. The number of anilines is 1. The molecule has 2 amide bonds. The van der Waals surface area contributed by atoms with E-state index in [1.165, 1.54) is 23.4 Å². The molecule has 0 spiro atoms. The van der Waals surface area contributed by atoms with Crippen molar-refractivity contribution >= 4 is 35.2 Å². The number of aromatic nitrogens is 7. The molecule has 0 saturated heterocycles. The van der Waals surface area contributed by atoms with Gasteiger partial charge >= 0.3 is 0 Å². The number of carbonyl (C=O) groups excluding carboxylic acids is 2. The zero-order valence-corrected chi connectivity index (χ0v) is 21.2. The van der Waals surface area contributed by atoms with Gasteiger partial charge < -0.3 is 10.6 Å². The van der Waals surface area contributed by atoms with Gasteiger partial charge in [0.2, 0.25) is 11.8 Å². The smallest absolute Gasteiger partial charge is 0.247 e. The summed E-state index contributed by atoms with van der Waals surface area (Å²) in [7, 11) is 0. The zero-order chi connectivity index (χ0) is 27.0. The summed E-state index contributed by atoms with van der Waals surface area (Å²) in [5.41, 5.74) is 3.55. The van der Waals surface area contributed by atoms with Crippen molar-refractivity contribution in [3.8, 4) is 11.4 Å². The Morgan fingerprint density at radius 2 is 1.79 bits per heavy atom. The summed E-state index contributed by atoms with van der Waals surface area (Å²) in [5.74, 6) is -0.804. The van der Waals surface area contributed by atoms with Crippen LogP contribution < -0.4 is 10.6 Å². The van der Waals surface area contributed by atoms with Crippen LogP contribution in [0.15, 0.2) is 97.9 Å². The number of rotatable bonds is 9. The molecule has 1 atom stereocenters. The third kappa shape index (κ3) is 6.59. The lowest BCUT2D eigenvalue weighted by molar-refractivity contribution is -0.123. The van der Waals surface area contributed by atoms with Crippen LogP contribution >= 0.6 is 11.6 Å². The topological polar surface area (TPSA) is 133 Å². The molecule has 0 aliphatic heterocycles. The summed E-state index contributed by atoms with van der Waals surface area (Å²) in [5, 5.41) is 21.5. The Balaban J connectivity index is 1.32. The molecule has 0 saturated carbocycles. The molecule has 5 aromatic rings. The lowest BCUT2D eigenvalue weighted by atomic mass is 10.0. The Labute approximate surface area is 228 Å². The van der Waals surface area contributed by atoms with Crippen LogP contribution in [0.5, 0.6) is 0 Å². The minimum Gasteiger partial charge on any atom is -0.340 e. The Morgan fingerprint density at radius 1 is 0.974 bits per heavy atom. The predicted octanol–water partition coefficient (Wildman–Crippen LogP) is 3.28. The van der Waals surface area contributed by atoms with Crippen LogP contribution in [0.4, 0.5) is 5.69 Å². The van der Waals surface area contributed by atoms with Gasteiger partial charge in [0.25, 0.3) is 0 Å². The maximum atomic E-state index is 13.3. The van der Waals surface area contributed by atoms with Crippen LogP contribution in [-0.2, 0) is 16.0 Å². The molecule has 0 bridgehead atoms. The monoisotopic (exact) mass is 539 g/mol. The summed E-state index contributed by atoms with van der Waals surface area (Å²) in [6, 6.07) is 20.9. The summed E-state index contributed by atoms with van der Waals surface area (Å²) in [6.07, 6.45) is 7.72. The fourth-order valence-electron chi connectivity index (χ4n) is 3.85. The molecular formula is C27H22ClN9O2. The molecule has 11 nitrogen and oxygen atoms in total. The van der Waals surface area contributed by atoms with Crippen LogP contribution in [0.2, 0.25) is 5.02 Å². The average molecular weight is 540 g/mol. The van der Waals surface area contributed by atoms with E-state index < -0.39 is 11.9 Å². The number of hydrogen-bond donors (Lipinski definition) is 2. The van der Waals surface area contributed by atoms with Crippen molar-refractivity contribution in [1.82, 2.24) is 40.3 Å². The highest BCUT2D eigenvalue weighted by Gasteiger charge is 2.21. The molecule has 0 radical (unpaired) electrons. The standard InChI is InChI=1S/C27H22ClN9O2/c28-21-7-12-25(37-18-30-34-35-37)20(15-21)6-13-26(38)33-24(14-19-4-2-1-3-5-19)27(39)32-22-8-10-23(11-9-22)36-17-29-16-31-36/h1-13,15-18,24H,14H2,(H,32,39)(H,33,38)/t24-/m0/s1. The minimum absolute atomic E-state index is 0.302. The van der Waals surface area contributed by atoms with Gasteiger partial charge in [0.1, 0.15) is 25.0 Å². The van der Waals surface area contributed by atoms with E-state index in [0.29, 0.717) is 28.4 Å². The lowest BCUT2D eigenvalue weighted by Crippen LogP contribution is -2.44. The van der Waals surface area contributed by atoms with Crippen molar-refractivity contribution in [3.05, 3.63) is 114 Å². The molecule has 0 unspecified atom stereocenters. The van der Waals surface area contributed by atoms with E-state index in [4.69, 9.17) is 11.6 Å². The van der Waals surface area contributed by atoms with E-state index in [0.717, 1.165) is 11.3 Å². The summed E-state index contributed by atoms with van der Waals surface area (Å²) >= 11 is 6.17. The van der Waals surface area contributed by atoms with E-state index in [1.54, 1.807) is 47.4 Å². The lowest BCUT2D eigenvalue weighted by Gasteiger charge is -2.18. The Hall–Kier alpha value is -5.16. The maximum Gasteiger partial charge on any atom is 0.247 e. The number of hydrogen-bond acceptors (Lipinski definition) is 7. The highest BCUT2D eigenvalue weighted by atomic mass is 35.5. The fourth-order valence-corrected chi connectivity index (χ4v) is 4.03. The van der Waals surface area contributed by atoms with Gasteiger partial charge in [-0.1, -0.05) is 41.9 Å². The van der Waals surface area contributed by atoms with Gasteiger partial charge in [0.05, 0.1) is 11.4 Å². The van der Waals surface area contributed by atoms with Crippen LogP contribution in [0.3, 0.4) is 0 Å². The van der Waals surface area contributed by atoms with Crippen molar-refractivity contribution in [2.45, 2.75) is 12.5 Å². The van der Waals surface area contributed by atoms with Gasteiger partial charge in [0, 0.05) is 28.8 Å². The van der Waals surface area contributed by atoms with Gasteiger partial charge in [-0.05, 0) is 64.5 Å². The number of halogens is 1. The molecule has 3 aromatic carbocycles. The predicted molar refractivity (Wildman–Crippen MR) is 145 cm³/mol. The number of benzene rings is 3. The van der Waals surface area contributed by atoms with Crippen LogP contribution in [0.1, 0.15) is 11.1 Å².